The van der Waals surface area contributed by atoms with Gasteiger partial charge in [0.25, 0.3) is 6.01 Å². The number of aliphatic hydroxyl groups is 1. The Morgan fingerprint density at radius 2 is 1.55 bits per heavy atom. The smallest absolute Gasteiger partial charge is 0.346 e. The van der Waals surface area contributed by atoms with Crippen LogP contribution in [0.4, 0.5) is 0 Å². The molecule has 0 unspecified atom stereocenters. The van der Waals surface area contributed by atoms with Gasteiger partial charge in [0.15, 0.2) is 11.8 Å². The van der Waals surface area contributed by atoms with E-state index in [1.165, 1.54) is 0 Å². The molecule has 5 N–H and O–H groups in total. The SMILES string of the molecule is O=P(O)(O)C1(NCc2ccc(-c3ccc(-c4nc5nc(O[C@@H]6CO[C@H]7[C@@H]6OC[C@H]7O)[nH]c5cc4Cl)cc3)cc2)Cc2ccccc2C1. The molecule has 2 saturated heterocycles. The van der Waals surface area contributed by atoms with E-state index < -0.39 is 31.2 Å². The number of rotatable bonds is 8. The Balaban J connectivity index is 0.948. The van der Waals surface area contributed by atoms with Gasteiger partial charge in [-0.1, -0.05) is 84.4 Å². The molecule has 8 rings (SSSR count). The fourth-order valence-electron chi connectivity index (χ4n) is 6.77. The van der Waals surface area contributed by atoms with Crippen molar-refractivity contribution in [1.29, 1.82) is 0 Å². The summed E-state index contributed by atoms with van der Waals surface area (Å²) in [5.74, 6) is 0. The summed E-state index contributed by atoms with van der Waals surface area (Å²) in [5, 5.41) is 12.4. The molecule has 2 fully saturated rings. The highest BCUT2D eigenvalue weighted by atomic mass is 35.5. The second-order valence-corrected chi connectivity index (χ2v) is 14.7. The monoisotopic (exact) mass is 674 g/mol. The third-order valence-electron chi connectivity index (χ3n) is 9.36. The fraction of sp³-hybridized carbons (Fsp3) is 0.294. The van der Waals surface area contributed by atoms with Crippen molar-refractivity contribution in [3.05, 3.63) is 101 Å². The van der Waals surface area contributed by atoms with Crippen LogP contribution in [0.2, 0.25) is 5.02 Å². The van der Waals surface area contributed by atoms with Gasteiger partial charge in [0.1, 0.15) is 23.6 Å². The maximum atomic E-state index is 12.6. The summed E-state index contributed by atoms with van der Waals surface area (Å²) in [7, 11) is -4.43. The molecule has 2 aromatic heterocycles. The van der Waals surface area contributed by atoms with Gasteiger partial charge in [-0.3, -0.25) is 9.88 Å². The summed E-state index contributed by atoms with van der Waals surface area (Å²) >= 11 is 6.65. The molecule has 1 aliphatic carbocycles. The molecule has 0 radical (unpaired) electrons. The van der Waals surface area contributed by atoms with Gasteiger partial charge in [-0.25, -0.2) is 4.98 Å². The summed E-state index contributed by atoms with van der Waals surface area (Å²) in [5.41, 5.74) is 7.36. The molecule has 13 heteroatoms. The Morgan fingerprint density at radius 3 is 2.23 bits per heavy atom. The quantitative estimate of drug-likeness (QED) is 0.147. The molecule has 47 heavy (non-hydrogen) atoms. The van der Waals surface area contributed by atoms with E-state index in [0.29, 0.717) is 35.0 Å². The van der Waals surface area contributed by atoms with Gasteiger partial charge < -0.3 is 34.1 Å². The number of nitrogens with zero attached hydrogens (tertiary/aromatic N) is 2. The number of H-pyrrole nitrogens is 1. The zero-order chi connectivity index (χ0) is 32.3. The standard InChI is InChI=1S/C34H32ClN4O7P/c35-25-13-26-32(39-33(37-26)46-28-18-45-30-27(40)17-44-31(28)30)38-29(25)22-11-9-21(10-12-22)20-7-5-19(6-8-20)16-36-34(47(41,42)43)14-23-3-1-2-4-24(23)15-34/h1-13,27-28,30-31,36,40H,14-18H2,(H,37,38,39)(H2,41,42,43)/t27-,28-,30-,31-/m1/s1. The highest BCUT2D eigenvalue weighted by molar-refractivity contribution is 7.53. The first-order valence-corrected chi connectivity index (χ1v) is 17.4. The lowest BCUT2D eigenvalue weighted by atomic mass is 10.0. The number of nitrogens with one attached hydrogen (secondary N) is 2. The second-order valence-electron chi connectivity index (χ2n) is 12.4. The number of hydrogen-bond donors (Lipinski definition) is 5. The van der Waals surface area contributed by atoms with Gasteiger partial charge in [0.2, 0.25) is 0 Å². The molecule has 3 aliphatic rings. The van der Waals surface area contributed by atoms with Gasteiger partial charge in [-0.2, -0.15) is 4.98 Å². The Labute approximate surface area is 275 Å². The third-order valence-corrected chi connectivity index (χ3v) is 11.2. The molecule has 0 amide bonds. The average Bonchev–Trinajstić information content (AvgIpc) is 3.84. The predicted molar refractivity (Wildman–Crippen MR) is 175 cm³/mol. The van der Waals surface area contributed by atoms with Crippen LogP contribution in [0.5, 0.6) is 6.01 Å². The molecule has 3 aromatic carbocycles. The summed E-state index contributed by atoms with van der Waals surface area (Å²) in [6.45, 7) is 0.842. The van der Waals surface area contributed by atoms with Crippen LogP contribution in [0, 0.1) is 0 Å². The predicted octanol–water partition coefficient (Wildman–Crippen LogP) is 4.61. The molecule has 0 bridgehead atoms. The molecule has 5 aromatic rings. The molecule has 0 saturated carbocycles. The van der Waals surface area contributed by atoms with Crippen LogP contribution in [0.3, 0.4) is 0 Å². The number of imidazole rings is 1. The van der Waals surface area contributed by atoms with Crippen molar-refractivity contribution >= 4 is 30.4 Å². The van der Waals surface area contributed by atoms with E-state index in [1.54, 1.807) is 6.07 Å². The number of aromatic nitrogens is 3. The average molecular weight is 675 g/mol. The number of hydrogen-bond acceptors (Lipinski definition) is 8. The molecular formula is C34H32ClN4O7P. The summed E-state index contributed by atoms with van der Waals surface area (Å²) in [6, 6.07) is 25.5. The number of fused-ring (bicyclic) bond motifs is 3. The van der Waals surface area contributed by atoms with Crippen LogP contribution in [0.15, 0.2) is 78.9 Å². The highest BCUT2D eigenvalue weighted by Crippen LogP contribution is 2.55. The van der Waals surface area contributed by atoms with E-state index in [0.717, 1.165) is 33.4 Å². The topological polar surface area (TPSA) is 159 Å². The van der Waals surface area contributed by atoms with Crippen LogP contribution in [0.1, 0.15) is 16.7 Å². The van der Waals surface area contributed by atoms with E-state index in [-0.39, 0.29) is 31.6 Å². The molecule has 4 heterocycles. The third kappa shape index (κ3) is 5.67. The highest BCUT2D eigenvalue weighted by Gasteiger charge is 2.51. The van der Waals surface area contributed by atoms with E-state index in [4.69, 9.17) is 30.8 Å². The number of benzene rings is 3. The van der Waals surface area contributed by atoms with Gasteiger partial charge >= 0.3 is 7.60 Å². The van der Waals surface area contributed by atoms with Crippen molar-refractivity contribution in [2.45, 2.75) is 49.1 Å². The lowest BCUT2D eigenvalue weighted by Crippen LogP contribution is -2.45. The van der Waals surface area contributed by atoms with Crippen molar-refractivity contribution in [2.75, 3.05) is 13.2 Å². The molecule has 11 nitrogen and oxygen atoms in total. The zero-order valence-electron chi connectivity index (χ0n) is 25.0. The fourth-order valence-corrected chi connectivity index (χ4v) is 8.07. The lowest BCUT2D eigenvalue weighted by Gasteiger charge is -2.31. The number of aromatic amines is 1. The van der Waals surface area contributed by atoms with E-state index >= 15 is 0 Å². The van der Waals surface area contributed by atoms with Crippen LogP contribution in [0.25, 0.3) is 33.5 Å². The molecule has 2 aliphatic heterocycles. The van der Waals surface area contributed by atoms with Crippen LogP contribution in [-0.4, -0.2) is 72.8 Å². The minimum absolute atomic E-state index is 0.218. The maximum absolute atomic E-state index is 12.6. The molecule has 4 atom stereocenters. The Bertz CT molecular complexity index is 1970. The molecule has 0 spiro atoms. The first-order chi connectivity index (χ1) is 22.7. The Hall–Kier alpha value is -3.64. The van der Waals surface area contributed by atoms with Crippen LogP contribution >= 0.6 is 19.2 Å². The van der Waals surface area contributed by atoms with E-state index in [9.17, 15) is 19.5 Å². The first kappa shape index (κ1) is 30.7. The minimum atomic E-state index is -4.43. The minimum Gasteiger partial charge on any atom is -0.456 e. The van der Waals surface area contributed by atoms with Crippen molar-refractivity contribution in [3.63, 3.8) is 0 Å². The van der Waals surface area contributed by atoms with Gasteiger partial charge in [0.05, 0.1) is 29.4 Å². The zero-order valence-corrected chi connectivity index (χ0v) is 26.7. The summed E-state index contributed by atoms with van der Waals surface area (Å²) in [4.78, 5) is 32.9. The van der Waals surface area contributed by atoms with E-state index in [2.05, 4.69) is 15.3 Å². The van der Waals surface area contributed by atoms with Crippen LogP contribution < -0.4 is 10.1 Å². The normalized spacial score (nSPS) is 23.2. The molecule has 242 valence electrons. The summed E-state index contributed by atoms with van der Waals surface area (Å²) in [6.07, 6.45) is -1.23. The number of halogens is 1. The number of pyridine rings is 1. The maximum Gasteiger partial charge on any atom is 0.346 e. The van der Waals surface area contributed by atoms with Crippen molar-refractivity contribution in [1.82, 2.24) is 20.3 Å². The van der Waals surface area contributed by atoms with Gasteiger partial charge in [-0.05, 0) is 33.9 Å². The van der Waals surface area contributed by atoms with Gasteiger partial charge in [0, 0.05) is 24.9 Å². The largest absolute Gasteiger partial charge is 0.456 e. The Kier molecular flexibility index (Phi) is 7.70. The first-order valence-electron chi connectivity index (χ1n) is 15.4. The second kappa shape index (κ2) is 11.8. The summed E-state index contributed by atoms with van der Waals surface area (Å²) < 4.78 is 29.9. The number of ether oxygens (including phenoxy) is 3. The number of aliphatic hydroxyl groups excluding tert-OH is 1. The van der Waals surface area contributed by atoms with Gasteiger partial charge in [-0.15, -0.1) is 0 Å². The molecular weight excluding hydrogens is 643 g/mol. The van der Waals surface area contributed by atoms with Crippen LogP contribution in [-0.2, 0) is 33.4 Å². The van der Waals surface area contributed by atoms with Crippen molar-refractivity contribution in [3.8, 4) is 28.4 Å². The van der Waals surface area contributed by atoms with Crippen molar-refractivity contribution in [2.24, 2.45) is 0 Å². The van der Waals surface area contributed by atoms with E-state index in [1.807, 2.05) is 72.8 Å². The lowest BCUT2D eigenvalue weighted by molar-refractivity contribution is 0.00706. The van der Waals surface area contributed by atoms with Crippen molar-refractivity contribution < 1.29 is 33.7 Å². The Morgan fingerprint density at radius 1 is 0.915 bits per heavy atom.